The van der Waals surface area contributed by atoms with Gasteiger partial charge < -0.3 is 76.5 Å². The Morgan fingerprint density at radius 3 is 0.901 bits per heavy atom. The normalized spacial score (nSPS) is 24.6. The molecule has 15 atom stereocenters. The van der Waals surface area contributed by atoms with Gasteiger partial charge in [0.25, 0.3) is 0 Å². The first kappa shape index (κ1) is 71.2. The van der Waals surface area contributed by atoms with Gasteiger partial charge in [0.1, 0.15) is 37.1 Å². The minimum atomic E-state index is -2.20. The van der Waals surface area contributed by atoms with Crippen LogP contribution in [0.25, 0.3) is 0 Å². The highest BCUT2D eigenvalue weighted by atomic mass is 16.8. The van der Waals surface area contributed by atoms with Gasteiger partial charge in [0.05, 0.1) is 64.3 Å². The van der Waals surface area contributed by atoms with E-state index in [0.29, 0.717) is 0 Å². The van der Waals surface area contributed by atoms with Crippen molar-refractivity contribution in [3.05, 3.63) is 300 Å². The fourth-order valence-corrected chi connectivity index (χ4v) is 11.2. The SMILES string of the molecule is C=CCOC1O[C@H](CO)[C@@H](O)[C@H](O[C@@H]2O[C@H](CO[C@@H]3O[C@H](COC(=O)c4ccccc4)[C@@H](OC(=O)c4ccccc4)[C@H](OC(=O)c4ccccc4)[C@H]3OC(=O)c3ccccc3)[C@@H](OC(=O)c3ccccc3)[C@H](OC(=O)c3ccccc3)[C@H]2OC(=O)c2ccccc2)[C@H]1OC(=O)c1ccccc1. The average Bonchev–Trinajstić information content (AvgIpc) is 0.762. The molecule has 0 bridgehead atoms. The highest BCUT2D eigenvalue weighted by Crippen LogP contribution is 2.38. The van der Waals surface area contributed by atoms with Crippen molar-refractivity contribution in [1.82, 2.24) is 0 Å². The average molecular weight is 1380 g/mol. The summed E-state index contributed by atoms with van der Waals surface area (Å²) in [4.78, 5) is 116. The molecule has 24 nitrogen and oxygen atoms in total. The van der Waals surface area contributed by atoms with Crippen molar-refractivity contribution in [2.45, 2.75) is 92.1 Å². The van der Waals surface area contributed by atoms with Crippen molar-refractivity contribution in [3.8, 4) is 0 Å². The van der Waals surface area contributed by atoms with Gasteiger partial charge in [0.2, 0.25) is 0 Å². The van der Waals surface area contributed by atoms with Crippen molar-refractivity contribution in [3.63, 3.8) is 0 Å². The van der Waals surface area contributed by atoms with Gasteiger partial charge in [-0.25, -0.2) is 38.4 Å². The Labute approximate surface area is 578 Å². The summed E-state index contributed by atoms with van der Waals surface area (Å²) >= 11 is 0. The number of hydrogen-bond donors (Lipinski definition) is 2. The molecule has 101 heavy (non-hydrogen) atoms. The van der Waals surface area contributed by atoms with E-state index in [2.05, 4.69) is 6.58 Å². The molecule has 3 heterocycles. The predicted octanol–water partition coefficient (Wildman–Crippen LogP) is 8.55. The van der Waals surface area contributed by atoms with Crippen molar-refractivity contribution in [2.75, 3.05) is 26.4 Å². The smallest absolute Gasteiger partial charge is 0.338 e. The first-order chi connectivity index (χ1) is 49.2. The molecule has 0 amide bonds. The van der Waals surface area contributed by atoms with Crippen LogP contribution >= 0.6 is 0 Å². The van der Waals surface area contributed by atoms with Crippen LogP contribution in [0.4, 0.5) is 0 Å². The largest absolute Gasteiger partial charge is 0.459 e. The molecule has 1 unspecified atom stereocenters. The van der Waals surface area contributed by atoms with Gasteiger partial charge in [0, 0.05) is 0 Å². The van der Waals surface area contributed by atoms with Crippen molar-refractivity contribution >= 4 is 47.8 Å². The highest BCUT2D eigenvalue weighted by Gasteiger charge is 2.59. The molecule has 24 heteroatoms. The lowest BCUT2D eigenvalue weighted by Gasteiger charge is -2.49. The predicted molar refractivity (Wildman–Crippen MR) is 352 cm³/mol. The molecule has 3 aliphatic heterocycles. The van der Waals surface area contributed by atoms with Crippen LogP contribution in [0.3, 0.4) is 0 Å². The van der Waals surface area contributed by atoms with E-state index < -0.39 is 160 Å². The minimum Gasteiger partial charge on any atom is -0.459 e. The van der Waals surface area contributed by atoms with Crippen LogP contribution in [0.1, 0.15) is 82.9 Å². The topological polar surface area (TPSA) is 306 Å². The number of carbonyl (C=O) groups excluding carboxylic acids is 8. The molecule has 520 valence electrons. The van der Waals surface area contributed by atoms with Gasteiger partial charge in [-0.3, -0.25) is 0 Å². The molecule has 8 aromatic rings. The summed E-state index contributed by atoms with van der Waals surface area (Å²) in [6.07, 6.45) is -27.5. The van der Waals surface area contributed by atoms with Gasteiger partial charge in [-0.2, -0.15) is 0 Å². The Hall–Kier alpha value is -11.1. The van der Waals surface area contributed by atoms with Crippen molar-refractivity contribution < 1.29 is 115 Å². The maximum absolute atomic E-state index is 14.9. The van der Waals surface area contributed by atoms with Crippen LogP contribution < -0.4 is 0 Å². The number of benzene rings is 8. The number of aliphatic hydroxyl groups excluding tert-OH is 2. The van der Waals surface area contributed by atoms with E-state index in [1.165, 1.54) is 140 Å². The molecule has 3 aliphatic rings. The minimum absolute atomic E-state index is 0.00935. The molecule has 3 fully saturated rings. The molecule has 0 saturated carbocycles. The second-order valence-electron chi connectivity index (χ2n) is 23.0. The number of carbonyl (C=O) groups is 8. The number of hydrogen-bond acceptors (Lipinski definition) is 24. The summed E-state index contributed by atoms with van der Waals surface area (Å²) in [6.45, 7) is 0.808. The quantitative estimate of drug-likeness (QED) is 0.0291. The molecule has 8 aromatic carbocycles. The molecular weight excluding hydrogens is 1310 g/mol. The Kier molecular flexibility index (Phi) is 24.4. The van der Waals surface area contributed by atoms with Crippen LogP contribution in [-0.2, 0) is 66.3 Å². The Morgan fingerprint density at radius 2 is 0.574 bits per heavy atom. The van der Waals surface area contributed by atoms with Crippen LogP contribution in [0.2, 0.25) is 0 Å². The zero-order valence-corrected chi connectivity index (χ0v) is 53.7. The fourth-order valence-electron chi connectivity index (χ4n) is 11.2. The van der Waals surface area contributed by atoms with Gasteiger partial charge in [-0.15, -0.1) is 6.58 Å². The number of ether oxygens (including phenoxy) is 14. The van der Waals surface area contributed by atoms with Crippen molar-refractivity contribution in [1.29, 1.82) is 0 Å². The van der Waals surface area contributed by atoms with Crippen LogP contribution in [-0.4, -0.2) is 177 Å². The van der Waals surface area contributed by atoms with E-state index >= 15 is 0 Å². The zero-order valence-electron chi connectivity index (χ0n) is 53.7. The Morgan fingerprint density at radius 1 is 0.317 bits per heavy atom. The first-order valence-corrected chi connectivity index (χ1v) is 32.0. The van der Waals surface area contributed by atoms with Gasteiger partial charge in [-0.05, 0) is 97.1 Å². The lowest BCUT2D eigenvalue weighted by Crippen LogP contribution is -2.67. The molecule has 0 spiro atoms. The lowest BCUT2D eigenvalue weighted by atomic mass is 9.95. The Bertz CT molecular complexity index is 4060. The molecular formula is C77H68O24. The number of rotatable bonds is 26. The van der Waals surface area contributed by atoms with E-state index in [-0.39, 0.29) is 51.1 Å². The lowest BCUT2D eigenvalue weighted by molar-refractivity contribution is -0.362. The number of esters is 8. The summed E-state index contributed by atoms with van der Waals surface area (Å²) in [5, 5.41) is 23.2. The van der Waals surface area contributed by atoms with Crippen molar-refractivity contribution in [2.24, 2.45) is 0 Å². The van der Waals surface area contributed by atoms with E-state index in [0.717, 1.165) is 0 Å². The van der Waals surface area contributed by atoms with E-state index in [1.807, 2.05) is 0 Å². The third kappa shape index (κ3) is 18.1. The fraction of sp³-hybridized carbons (Fsp3) is 0.247. The van der Waals surface area contributed by atoms with Crippen LogP contribution in [0.5, 0.6) is 0 Å². The first-order valence-electron chi connectivity index (χ1n) is 32.0. The Balaban J connectivity index is 1.06. The maximum atomic E-state index is 14.9. The van der Waals surface area contributed by atoms with E-state index in [4.69, 9.17) is 66.3 Å². The van der Waals surface area contributed by atoms with Crippen LogP contribution in [0.15, 0.2) is 255 Å². The molecule has 2 N–H and O–H groups in total. The standard InChI is InChI=1S/C77H68O24/c1-2-43-88-75-64(98-72(85)52-37-21-8-22-38-52)61(58(79)55(44-78)91-75)101-77-66(100-74(87)54-41-25-10-26-42-54)63(97-71(84)51-35-19-7-20-36-51)60(95-69(82)49-31-15-5-16-32-49)57(93-77)46-90-76-65(99-73(86)53-39-23-9-24-40-53)62(96-70(83)50-33-17-6-18-34-50)59(94-68(81)48-29-13-4-14-30-48)56(92-76)45-89-67(80)47-27-11-3-12-28-47/h2-42,55-66,75-79H,1,43-46H2/t55-,56-,57-,58-,59-,60-,61+,62+,63+,64-,65-,66-,75?,76-,77+/m1/s1. The maximum Gasteiger partial charge on any atom is 0.338 e. The third-order valence-corrected chi connectivity index (χ3v) is 16.2. The summed E-state index contributed by atoms with van der Waals surface area (Å²) in [7, 11) is 0. The van der Waals surface area contributed by atoms with Gasteiger partial charge in [0.15, 0.2) is 61.6 Å². The second kappa shape index (κ2) is 34.6. The molecule has 11 rings (SSSR count). The summed E-state index contributed by atoms with van der Waals surface area (Å²) in [5.41, 5.74) is -0.124. The van der Waals surface area contributed by atoms with Crippen LogP contribution in [0, 0.1) is 0 Å². The monoisotopic (exact) mass is 1380 g/mol. The van der Waals surface area contributed by atoms with E-state index in [1.54, 1.807) is 109 Å². The zero-order chi connectivity index (χ0) is 70.6. The van der Waals surface area contributed by atoms with E-state index in [9.17, 15) is 48.6 Å². The summed E-state index contributed by atoms with van der Waals surface area (Å²) < 4.78 is 89.2. The summed E-state index contributed by atoms with van der Waals surface area (Å²) in [5.74, 6) is -8.20. The van der Waals surface area contributed by atoms with Gasteiger partial charge >= 0.3 is 47.8 Å². The molecule has 3 saturated heterocycles. The molecule has 0 aliphatic carbocycles. The molecule has 0 radical (unpaired) electrons. The molecule has 0 aromatic heterocycles. The third-order valence-electron chi connectivity index (χ3n) is 16.2. The van der Waals surface area contributed by atoms with Gasteiger partial charge in [-0.1, -0.05) is 152 Å². The highest BCUT2D eigenvalue weighted by molar-refractivity contribution is 5.93. The summed E-state index contributed by atoms with van der Waals surface area (Å²) in [6, 6.07) is 60.9. The second-order valence-corrected chi connectivity index (χ2v) is 23.0. The number of aliphatic hydroxyl groups is 2.